The Morgan fingerprint density at radius 3 is 2.42 bits per heavy atom. The van der Waals surface area contributed by atoms with Crippen molar-refractivity contribution in [2.24, 2.45) is 0 Å². The van der Waals surface area contributed by atoms with Crippen LogP contribution in [0.25, 0.3) is 0 Å². The standard InChI is InChI=1S/C18H26Cl2N2O2/c1-4-7-17(23)22(16(6-3)18(24)21-10-5-2)12-13-8-9-14(19)11-15(13)20/h8-9,11,16H,4-7,10,12H2,1-3H3,(H,21,24)/t16-/m0/s1. The molecule has 6 heteroatoms. The lowest BCUT2D eigenvalue weighted by Crippen LogP contribution is -2.49. The summed E-state index contributed by atoms with van der Waals surface area (Å²) in [5, 5.41) is 3.93. The molecule has 2 amide bonds. The van der Waals surface area contributed by atoms with Crippen molar-refractivity contribution < 1.29 is 9.59 Å². The molecular formula is C18H26Cl2N2O2. The van der Waals surface area contributed by atoms with E-state index < -0.39 is 6.04 Å². The van der Waals surface area contributed by atoms with Crippen LogP contribution in [0.3, 0.4) is 0 Å². The van der Waals surface area contributed by atoms with Gasteiger partial charge < -0.3 is 10.2 Å². The minimum Gasteiger partial charge on any atom is -0.354 e. The zero-order valence-corrected chi connectivity index (χ0v) is 16.1. The summed E-state index contributed by atoms with van der Waals surface area (Å²) in [7, 11) is 0. The number of nitrogens with one attached hydrogen (secondary N) is 1. The van der Waals surface area contributed by atoms with E-state index in [4.69, 9.17) is 23.2 Å². The van der Waals surface area contributed by atoms with Gasteiger partial charge in [-0.25, -0.2) is 0 Å². The summed E-state index contributed by atoms with van der Waals surface area (Å²) < 4.78 is 0. The number of carbonyl (C=O) groups excluding carboxylic acids is 2. The van der Waals surface area contributed by atoms with Crippen LogP contribution in [0, 0.1) is 0 Å². The Morgan fingerprint density at radius 1 is 1.17 bits per heavy atom. The summed E-state index contributed by atoms with van der Waals surface area (Å²) in [6.07, 6.45) is 2.55. The minimum atomic E-state index is -0.498. The molecular weight excluding hydrogens is 347 g/mol. The molecule has 24 heavy (non-hydrogen) atoms. The third kappa shape index (κ3) is 5.99. The molecule has 0 unspecified atom stereocenters. The Labute approximate surface area is 154 Å². The molecule has 1 atom stereocenters. The lowest BCUT2D eigenvalue weighted by Gasteiger charge is -2.31. The van der Waals surface area contributed by atoms with E-state index in [9.17, 15) is 9.59 Å². The van der Waals surface area contributed by atoms with Gasteiger partial charge in [0.15, 0.2) is 0 Å². The number of hydrogen-bond donors (Lipinski definition) is 1. The number of hydrogen-bond acceptors (Lipinski definition) is 2. The Hall–Kier alpha value is -1.26. The number of halogens is 2. The fraction of sp³-hybridized carbons (Fsp3) is 0.556. The van der Waals surface area contributed by atoms with E-state index in [0.29, 0.717) is 36.0 Å². The summed E-state index contributed by atoms with van der Waals surface area (Å²) in [5.41, 5.74) is 0.785. The summed E-state index contributed by atoms with van der Waals surface area (Å²) >= 11 is 12.2. The number of benzene rings is 1. The third-order valence-electron chi connectivity index (χ3n) is 3.75. The first-order chi connectivity index (χ1) is 11.4. The van der Waals surface area contributed by atoms with Crippen LogP contribution in [0.5, 0.6) is 0 Å². The smallest absolute Gasteiger partial charge is 0.242 e. The van der Waals surface area contributed by atoms with Gasteiger partial charge in [-0.05, 0) is 37.0 Å². The van der Waals surface area contributed by atoms with E-state index in [1.54, 1.807) is 23.1 Å². The fourth-order valence-corrected chi connectivity index (χ4v) is 2.94. The number of rotatable bonds is 9. The van der Waals surface area contributed by atoms with Crippen molar-refractivity contribution in [3.05, 3.63) is 33.8 Å². The van der Waals surface area contributed by atoms with Gasteiger partial charge in [0, 0.05) is 29.6 Å². The lowest BCUT2D eigenvalue weighted by molar-refractivity contribution is -0.141. The zero-order chi connectivity index (χ0) is 18.1. The quantitative estimate of drug-likeness (QED) is 0.696. The van der Waals surface area contributed by atoms with E-state index in [1.807, 2.05) is 20.8 Å². The number of amides is 2. The average molecular weight is 373 g/mol. The van der Waals surface area contributed by atoms with Crippen molar-refractivity contribution in [1.29, 1.82) is 0 Å². The van der Waals surface area contributed by atoms with Gasteiger partial charge in [-0.3, -0.25) is 9.59 Å². The Kier molecular flexibility index (Phi) is 9.16. The van der Waals surface area contributed by atoms with E-state index in [1.165, 1.54) is 0 Å². The molecule has 0 spiro atoms. The van der Waals surface area contributed by atoms with Crippen LogP contribution in [0.1, 0.15) is 52.0 Å². The maximum absolute atomic E-state index is 12.6. The highest BCUT2D eigenvalue weighted by atomic mass is 35.5. The monoisotopic (exact) mass is 372 g/mol. The highest BCUT2D eigenvalue weighted by Gasteiger charge is 2.28. The zero-order valence-electron chi connectivity index (χ0n) is 14.6. The lowest BCUT2D eigenvalue weighted by atomic mass is 10.1. The minimum absolute atomic E-state index is 0.0398. The Morgan fingerprint density at radius 2 is 1.88 bits per heavy atom. The molecule has 0 saturated heterocycles. The molecule has 134 valence electrons. The van der Waals surface area contributed by atoms with Gasteiger partial charge >= 0.3 is 0 Å². The van der Waals surface area contributed by atoms with Crippen molar-refractivity contribution in [2.75, 3.05) is 6.54 Å². The Balaban J connectivity index is 3.05. The second-order valence-electron chi connectivity index (χ2n) is 5.72. The molecule has 1 aromatic carbocycles. The van der Waals surface area contributed by atoms with Gasteiger partial charge in [-0.15, -0.1) is 0 Å². The Bertz CT molecular complexity index is 564. The SMILES string of the molecule is CCCNC(=O)[C@H](CC)N(Cc1ccc(Cl)cc1Cl)C(=O)CCC. The van der Waals surface area contributed by atoms with Gasteiger partial charge in [0.1, 0.15) is 6.04 Å². The van der Waals surface area contributed by atoms with Crippen LogP contribution in [-0.2, 0) is 16.1 Å². The second-order valence-corrected chi connectivity index (χ2v) is 6.57. The molecule has 1 N–H and O–H groups in total. The van der Waals surface area contributed by atoms with E-state index in [0.717, 1.165) is 18.4 Å². The largest absolute Gasteiger partial charge is 0.354 e. The first kappa shape index (κ1) is 20.8. The van der Waals surface area contributed by atoms with Gasteiger partial charge in [-0.2, -0.15) is 0 Å². The van der Waals surface area contributed by atoms with Crippen molar-refractivity contribution in [3.63, 3.8) is 0 Å². The van der Waals surface area contributed by atoms with Crippen LogP contribution in [0.15, 0.2) is 18.2 Å². The highest BCUT2D eigenvalue weighted by Crippen LogP contribution is 2.24. The molecule has 0 aliphatic heterocycles. The average Bonchev–Trinajstić information content (AvgIpc) is 2.54. The van der Waals surface area contributed by atoms with Crippen LogP contribution in [0.2, 0.25) is 10.0 Å². The molecule has 0 fully saturated rings. The van der Waals surface area contributed by atoms with E-state index in [2.05, 4.69) is 5.32 Å². The van der Waals surface area contributed by atoms with Crippen LogP contribution in [0.4, 0.5) is 0 Å². The second kappa shape index (κ2) is 10.6. The van der Waals surface area contributed by atoms with E-state index in [-0.39, 0.29) is 11.8 Å². The van der Waals surface area contributed by atoms with Crippen molar-refractivity contribution in [1.82, 2.24) is 10.2 Å². The summed E-state index contributed by atoms with van der Waals surface area (Å²) in [4.78, 5) is 26.7. The molecule has 0 heterocycles. The molecule has 0 aliphatic carbocycles. The number of carbonyl (C=O) groups is 2. The molecule has 1 aromatic rings. The first-order valence-corrected chi connectivity index (χ1v) is 9.21. The van der Waals surface area contributed by atoms with Crippen molar-refractivity contribution in [2.45, 2.75) is 59.0 Å². The fourth-order valence-electron chi connectivity index (χ4n) is 2.48. The van der Waals surface area contributed by atoms with Gasteiger partial charge in [-0.1, -0.05) is 50.0 Å². The maximum atomic E-state index is 12.6. The maximum Gasteiger partial charge on any atom is 0.242 e. The molecule has 0 radical (unpaired) electrons. The topological polar surface area (TPSA) is 49.4 Å². The molecule has 0 aliphatic rings. The molecule has 0 aromatic heterocycles. The van der Waals surface area contributed by atoms with Crippen LogP contribution < -0.4 is 5.32 Å². The predicted molar refractivity (Wildman–Crippen MR) is 99.3 cm³/mol. The van der Waals surface area contributed by atoms with E-state index >= 15 is 0 Å². The van der Waals surface area contributed by atoms with Crippen LogP contribution >= 0.6 is 23.2 Å². The first-order valence-electron chi connectivity index (χ1n) is 8.45. The normalized spacial score (nSPS) is 11.9. The summed E-state index contributed by atoms with van der Waals surface area (Å²) in [5.74, 6) is -0.157. The molecule has 0 bridgehead atoms. The molecule has 0 saturated carbocycles. The van der Waals surface area contributed by atoms with Gasteiger partial charge in [0.2, 0.25) is 11.8 Å². The van der Waals surface area contributed by atoms with Gasteiger partial charge in [0.05, 0.1) is 0 Å². The van der Waals surface area contributed by atoms with Gasteiger partial charge in [0.25, 0.3) is 0 Å². The van der Waals surface area contributed by atoms with Crippen LogP contribution in [-0.4, -0.2) is 29.3 Å². The molecule has 1 rings (SSSR count). The summed E-state index contributed by atoms with van der Waals surface area (Å²) in [6, 6.07) is 4.69. The third-order valence-corrected chi connectivity index (χ3v) is 4.34. The van der Waals surface area contributed by atoms with Crippen molar-refractivity contribution in [3.8, 4) is 0 Å². The highest BCUT2D eigenvalue weighted by molar-refractivity contribution is 6.35. The molecule has 4 nitrogen and oxygen atoms in total. The summed E-state index contributed by atoms with van der Waals surface area (Å²) in [6.45, 7) is 6.75. The van der Waals surface area contributed by atoms with Crippen molar-refractivity contribution >= 4 is 35.0 Å². The number of nitrogens with zero attached hydrogens (tertiary/aromatic N) is 1. The predicted octanol–water partition coefficient (Wildman–Crippen LogP) is 4.43.